The molecular formula is C23H21N5O. The zero-order valence-corrected chi connectivity index (χ0v) is 16.9. The molecule has 0 aliphatic rings. The van der Waals surface area contributed by atoms with Crippen molar-refractivity contribution in [2.75, 3.05) is 0 Å². The summed E-state index contributed by atoms with van der Waals surface area (Å²) in [5, 5.41) is 12.7. The summed E-state index contributed by atoms with van der Waals surface area (Å²) in [6.45, 7) is 13.7. The smallest absolute Gasteiger partial charge is 0.269 e. The van der Waals surface area contributed by atoms with Gasteiger partial charge in [0.1, 0.15) is 0 Å². The third-order valence-electron chi connectivity index (χ3n) is 5.52. The van der Waals surface area contributed by atoms with Gasteiger partial charge in [0.15, 0.2) is 5.69 Å². The number of hydrogen-bond donors (Lipinski definition) is 1. The maximum atomic E-state index is 12.2. The highest BCUT2D eigenvalue weighted by atomic mass is 16.1. The third kappa shape index (κ3) is 2.92. The predicted molar refractivity (Wildman–Crippen MR) is 115 cm³/mol. The second kappa shape index (κ2) is 7.02. The fourth-order valence-electron chi connectivity index (χ4n) is 3.76. The maximum absolute atomic E-state index is 12.2. The van der Waals surface area contributed by atoms with Gasteiger partial charge >= 0.3 is 0 Å². The second-order valence-electron chi connectivity index (χ2n) is 7.16. The summed E-state index contributed by atoms with van der Waals surface area (Å²) in [5.74, 6) is 0. The van der Waals surface area contributed by atoms with Crippen molar-refractivity contribution in [1.82, 2.24) is 20.0 Å². The van der Waals surface area contributed by atoms with Gasteiger partial charge in [0.25, 0.3) is 5.56 Å². The molecule has 0 saturated heterocycles. The van der Waals surface area contributed by atoms with Gasteiger partial charge in [-0.2, -0.15) is 10.2 Å². The molecule has 0 spiro atoms. The van der Waals surface area contributed by atoms with E-state index >= 15 is 0 Å². The van der Waals surface area contributed by atoms with E-state index in [-0.39, 0.29) is 5.56 Å². The van der Waals surface area contributed by atoms with Gasteiger partial charge in [-0.15, -0.1) is 0 Å². The molecule has 0 aliphatic carbocycles. The van der Waals surface area contributed by atoms with Crippen molar-refractivity contribution in [3.63, 3.8) is 0 Å². The van der Waals surface area contributed by atoms with Crippen LogP contribution in [0.5, 0.6) is 0 Å². The van der Waals surface area contributed by atoms with Crippen molar-refractivity contribution in [3.05, 3.63) is 75.1 Å². The van der Waals surface area contributed by atoms with Crippen LogP contribution in [0.2, 0.25) is 0 Å². The van der Waals surface area contributed by atoms with Crippen LogP contribution in [0.15, 0.2) is 41.3 Å². The van der Waals surface area contributed by atoms with Crippen LogP contribution in [-0.4, -0.2) is 20.0 Å². The monoisotopic (exact) mass is 383 g/mol. The number of aryl methyl sites for hydroxylation is 3. The number of nitrogens with one attached hydrogen (secondary N) is 1. The van der Waals surface area contributed by atoms with Crippen LogP contribution in [0, 0.1) is 20.4 Å². The highest BCUT2D eigenvalue weighted by Gasteiger charge is 2.19. The molecule has 1 N–H and O–H groups in total. The number of H-pyrrole nitrogens is 1. The van der Waals surface area contributed by atoms with Crippen molar-refractivity contribution in [2.24, 2.45) is 7.05 Å². The van der Waals surface area contributed by atoms with Gasteiger partial charge in [-0.05, 0) is 43.5 Å². The van der Waals surface area contributed by atoms with Crippen LogP contribution < -0.4 is 5.56 Å². The largest absolute Gasteiger partial charge is 0.272 e. The molecule has 6 heteroatoms. The number of hydrogen-bond acceptors (Lipinski definition) is 3. The van der Waals surface area contributed by atoms with Crippen molar-refractivity contribution in [2.45, 2.75) is 27.2 Å². The molecule has 0 fully saturated rings. The van der Waals surface area contributed by atoms with Gasteiger partial charge in [0, 0.05) is 23.6 Å². The lowest BCUT2D eigenvalue weighted by molar-refractivity contribution is 0.776. The summed E-state index contributed by atoms with van der Waals surface area (Å²) >= 11 is 0. The summed E-state index contributed by atoms with van der Waals surface area (Å²) in [7, 11) is 1.88. The molecule has 2 heterocycles. The van der Waals surface area contributed by atoms with Gasteiger partial charge in [-0.1, -0.05) is 30.7 Å². The number of aromatic amines is 1. The number of fused-ring (bicyclic) bond motifs is 1. The Morgan fingerprint density at radius 2 is 1.93 bits per heavy atom. The minimum Gasteiger partial charge on any atom is -0.269 e. The maximum Gasteiger partial charge on any atom is 0.272 e. The lowest BCUT2D eigenvalue weighted by Crippen LogP contribution is -2.10. The first-order valence-electron chi connectivity index (χ1n) is 9.48. The second-order valence-corrected chi connectivity index (χ2v) is 7.16. The molecule has 0 aliphatic heterocycles. The molecule has 4 aromatic rings. The van der Waals surface area contributed by atoms with Gasteiger partial charge in [0.05, 0.1) is 29.5 Å². The summed E-state index contributed by atoms with van der Waals surface area (Å²) in [4.78, 5) is 16.0. The van der Waals surface area contributed by atoms with E-state index in [4.69, 9.17) is 6.57 Å². The Morgan fingerprint density at radius 3 is 2.66 bits per heavy atom. The topological polar surface area (TPSA) is 67.9 Å². The third-order valence-corrected chi connectivity index (χ3v) is 5.52. The van der Waals surface area contributed by atoms with Gasteiger partial charge < -0.3 is 0 Å². The van der Waals surface area contributed by atoms with Crippen LogP contribution in [-0.2, 0) is 13.5 Å². The Kier molecular flexibility index (Phi) is 4.51. The van der Waals surface area contributed by atoms with E-state index < -0.39 is 0 Å². The lowest BCUT2D eigenvalue weighted by atomic mass is 9.95. The summed E-state index contributed by atoms with van der Waals surface area (Å²) in [5.41, 5.74) is 6.97. The van der Waals surface area contributed by atoms with Crippen molar-refractivity contribution >= 4 is 16.5 Å². The minimum atomic E-state index is -0.195. The quantitative estimate of drug-likeness (QED) is 0.521. The Morgan fingerprint density at radius 1 is 1.14 bits per heavy atom. The zero-order chi connectivity index (χ0) is 20.7. The Hall–Kier alpha value is -3.72. The van der Waals surface area contributed by atoms with E-state index in [0.29, 0.717) is 11.1 Å². The van der Waals surface area contributed by atoms with Crippen molar-refractivity contribution in [1.29, 1.82) is 0 Å². The first kappa shape index (κ1) is 18.6. The molecule has 0 unspecified atom stereocenters. The van der Waals surface area contributed by atoms with E-state index in [0.717, 1.165) is 51.0 Å². The standard InChI is InChI=1S/C23H21N5O/c1-6-20-18-11-15(8-10-16(18)23(29)27-26-20)19-12-25-28(5)22(19)17-9-7-13(2)14(3)21(17)24-4/h7-12H,6H2,1-3,5H3,(H,27,29). The Labute approximate surface area is 168 Å². The first-order chi connectivity index (χ1) is 14.0. The van der Waals surface area contributed by atoms with Crippen molar-refractivity contribution < 1.29 is 0 Å². The molecule has 0 bridgehead atoms. The molecule has 0 radical (unpaired) electrons. The van der Waals surface area contributed by atoms with Crippen LogP contribution in [0.1, 0.15) is 23.7 Å². The highest BCUT2D eigenvalue weighted by Crippen LogP contribution is 2.40. The average Bonchev–Trinajstić information content (AvgIpc) is 3.11. The summed E-state index contributed by atoms with van der Waals surface area (Å²) in [6, 6.07) is 9.78. The van der Waals surface area contributed by atoms with Crippen LogP contribution in [0.4, 0.5) is 5.69 Å². The minimum absolute atomic E-state index is 0.195. The fraction of sp³-hybridized carbons (Fsp3) is 0.217. The normalized spacial score (nSPS) is 11.0. The molecular weight excluding hydrogens is 362 g/mol. The summed E-state index contributed by atoms with van der Waals surface area (Å²) < 4.78 is 1.80. The number of nitrogens with zero attached hydrogens (tertiary/aromatic N) is 4. The van der Waals surface area contributed by atoms with Crippen LogP contribution >= 0.6 is 0 Å². The molecule has 0 atom stereocenters. The van der Waals surface area contributed by atoms with Crippen molar-refractivity contribution in [3.8, 4) is 22.4 Å². The van der Waals surface area contributed by atoms with Crippen LogP contribution in [0.3, 0.4) is 0 Å². The predicted octanol–water partition coefficient (Wildman–Crippen LogP) is 4.72. The fourth-order valence-corrected chi connectivity index (χ4v) is 3.76. The SMILES string of the molecule is [C-]#[N+]c1c(-c2c(-c3ccc4c(=O)[nH]nc(CC)c4c3)cnn2C)ccc(C)c1C. The van der Waals surface area contributed by atoms with Crippen LogP contribution in [0.25, 0.3) is 38.0 Å². The van der Waals surface area contributed by atoms with E-state index in [9.17, 15) is 4.79 Å². The average molecular weight is 383 g/mol. The number of benzene rings is 2. The Bertz CT molecular complexity index is 1350. The lowest BCUT2D eigenvalue weighted by Gasteiger charge is -2.13. The first-order valence-corrected chi connectivity index (χ1v) is 9.48. The number of rotatable bonds is 3. The molecule has 144 valence electrons. The molecule has 0 saturated carbocycles. The van der Waals surface area contributed by atoms with Gasteiger partial charge in [0.2, 0.25) is 0 Å². The number of aromatic nitrogens is 4. The van der Waals surface area contributed by atoms with E-state index in [1.54, 1.807) is 4.68 Å². The van der Waals surface area contributed by atoms with E-state index in [1.165, 1.54) is 0 Å². The molecule has 0 amide bonds. The Balaban J connectivity index is 2.00. The van der Waals surface area contributed by atoms with Gasteiger partial charge in [-0.25, -0.2) is 9.94 Å². The molecule has 2 aromatic heterocycles. The molecule has 4 rings (SSSR count). The van der Waals surface area contributed by atoms with Gasteiger partial charge in [-0.3, -0.25) is 9.48 Å². The van der Waals surface area contributed by atoms with E-state index in [2.05, 4.69) is 20.1 Å². The molecule has 6 nitrogen and oxygen atoms in total. The highest BCUT2D eigenvalue weighted by molar-refractivity contribution is 5.93. The zero-order valence-electron chi connectivity index (χ0n) is 16.9. The summed E-state index contributed by atoms with van der Waals surface area (Å²) in [6.07, 6.45) is 2.53. The van der Waals surface area contributed by atoms with E-state index in [1.807, 2.05) is 64.3 Å². The molecule has 29 heavy (non-hydrogen) atoms. The molecule has 2 aromatic carbocycles.